The van der Waals surface area contributed by atoms with Gasteiger partial charge in [0.15, 0.2) is 5.12 Å². The Bertz CT molecular complexity index is 562. The molecular formula is C18H22OS. The molecule has 0 aliphatic heterocycles. The molecule has 0 radical (unpaired) electrons. The van der Waals surface area contributed by atoms with Gasteiger partial charge in [0.2, 0.25) is 0 Å². The minimum atomic E-state index is 0.237. The minimum Gasteiger partial charge on any atom is -0.288 e. The van der Waals surface area contributed by atoms with Crippen molar-refractivity contribution in [3.05, 3.63) is 48.0 Å². The predicted octanol–water partition coefficient (Wildman–Crippen LogP) is 5.22. The van der Waals surface area contributed by atoms with Crippen molar-refractivity contribution in [3.63, 3.8) is 0 Å². The Morgan fingerprint density at radius 2 is 1.70 bits per heavy atom. The van der Waals surface area contributed by atoms with Crippen LogP contribution in [0.4, 0.5) is 0 Å². The van der Waals surface area contributed by atoms with Crippen LogP contribution in [-0.4, -0.2) is 10.9 Å². The zero-order valence-electron chi connectivity index (χ0n) is 12.1. The van der Waals surface area contributed by atoms with Crippen molar-refractivity contribution in [3.8, 4) is 0 Å². The van der Waals surface area contributed by atoms with E-state index in [1.54, 1.807) is 6.92 Å². The Kier molecular flexibility index (Phi) is 6.13. The van der Waals surface area contributed by atoms with Gasteiger partial charge < -0.3 is 0 Å². The molecular weight excluding hydrogens is 264 g/mol. The first-order valence-corrected chi connectivity index (χ1v) is 8.35. The average molecular weight is 286 g/mol. The lowest BCUT2D eigenvalue weighted by atomic mass is 10.0. The number of unbranched alkanes of at least 4 members (excludes halogenated alkanes) is 3. The van der Waals surface area contributed by atoms with Gasteiger partial charge in [-0.25, -0.2) is 0 Å². The van der Waals surface area contributed by atoms with Crippen molar-refractivity contribution in [2.75, 3.05) is 5.75 Å². The van der Waals surface area contributed by atoms with Crippen LogP contribution in [0.25, 0.3) is 10.8 Å². The molecule has 106 valence electrons. The maximum Gasteiger partial charge on any atom is 0.185 e. The molecule has 0 aromatic heterocycles. The molecule has 0 saturated carbocycles. The largest absolute Gasteiger partial charge is 0.288 e. The maximum absolute atomic E-state index is 10.8. The monoisotopic (exact) mass is 286 g/mol. The lowest BCUT2D eigenvalue weighted by Gasteiger charge is -2.04. The number of fused-ring (bicyclic) bond motifs is 1. The molecule has 0 atom stereocenters. The molecule has 0 fully saturated rings. The van der Waals surface area contributed by atoms with Gasteiger partial charge in [0.25, 0.3) is 0 Å². The number of thioether (sulfide) groups is 1. The van der Waals surface area contributed by atoms with Crippen LogP contribution in [0.3, 0.4) is 0 Å². The predicted molar refractivity (Wildman–Crippen MR) is 89.3 cm³/mol. The number of carbonyl (C=O) groups is 1. The molecule has 0 aliphatic carbocycles. The highest BCUT2D eigenvalue weighted by Crippen LogP contribution is 2.17. The Hall–Kier alpha value is -1.28. The SMILES string of the molecule is CC(=O)SCCCCCCc1ccc2ccccc2c1. The van der Waals surface area contributed by atoms with Crippen LogP contribution in [-0.2, 0) is 11.2 Å². The van der Waals surface area contributed by atoms with Gasteiger partial charge in [0.05, 0.1) is 0 Å². The van der Waals surface area contributed by atoms with E-state index in [0.29, 0.717) is 0 Å². The molecule has 0 N–H and O–H groups in total. The lowest BCUT2D eigenvalue weighted by molar-refractivity contribution is -0.109. The number of hydrogen-bond donors (Lipinski definition) is 0. The molecule has 20 heavy (non-hydrogen) atoms. The smallest absolute Gasteiger partial charge is 0.185 e. The first kappa shape index (κ1) is 15.1. The fraction of sp³-hybridized carbons (Fsp3) is 0.389. The van der Waals surface area contributed by atoms with Gasteiger partial charge in [-0.1, -0.05) is 67.1 Å². The van der Waals surface area contributed by atoms with Crippen molar-refractivity contribution in [2.45, 2.75) is 39.0 Å². The molecule has 1 nitrogen and oxygen atoms in total. The number of aryl methyl sites for hydroxylation is 1. The van der Waals surface area contributed by atoms with Gasteiger partial charge in [-0.05, 0) is 35.6 Å². The second kappa shape index (κ2) is 8.11. The summed E-state index contributed by atoms with van der Waals surface area (Å²) in [6, 6.07) is 15.3. The van der Waals surface area contributed by atoms with E-state index in [-0.39, 0.29) is 5.12 Å². The summed E-state index contributed by atoms with van der Waals surface area (Å²) in [5, 5.41) is 2.89. The number of benzene rings is 2. The van der Waals surface area contributed by atoms with Crippen LogP contribution in [0.15, 0.2) is 42.5 Å². The van der Waals surface area contributed by atoms with E-state index < -0.39 is 0 Å². The molecule has 0 aliphatic rings. The van der Waals surface area contributed by atoms with Gasteiger partial charge in [-0.3, -0.25) is 4.79 Å². The van der Waals surface area contributed by atoms with Crippen LogP contribution >= 0.6 is 11.8 Å². The van der Waals surface area contributed by atoms with Crippen LogP contribution in [0, 0.1) is 0 Å². The molecule has 0 bridgehead atoms. The van der Waals surface area contributed by atoms with E-state index in [2.05, 4.69) is 42.5 Å². The number of rotatable bonds is 7. The van der Waals surface area contributed by atoms with Crippen molar-refractivity contribution >= 4 is 27.6 Å². The molecule has 0 spiro atoms. The third-order valence-electron chi connectivity index (χ3n) is 3.48. The second-order valence-corrected chi connectivity index (χ2v) is 6.46. The third kappa shape index (κ3) is 5.01. The fourth-order valence-electron chi connectivity index (χ4n) is 2.39. The van der Waals surface area contributed by atoms with Gasteiger partial charge in [0.1, 0.15) is 0 Å². The number of hydrogen-bond acceptors (Lipinski definition) is 2. The summed E-state index contributed by atoms with van der Waals surface area (Å²) >= 11 is 1.45. The van der Waals surface area contributed by atoms with Crippen molar-refractivity contribution < 1.29 is 4.79 Å². The maximum atomic E-state index is 10.8. The molecule has 2 heteroatoms. The highest BCUT2D eigenvalue weighted by atomic mass is 32.2. The van der Waals surface area contributed by atoms with Crippen LogP contribution < -0.4 is 0 Å². The summed E-state index contributed by atoms with van der Waals surface area (Å²) in [6.45, 7) is 1.64. The van der Waals surface area contributed by atoms with Gasteiger partial charge >= 0.3 is 0 Å². The quantitative estimate of drug-likeness (QED) is 0.649. The van der Waals surface area contributed by atoms with E-state index in [0.717, 1.165) is 18.6 Å². The first-order chi connectivity index (χ1) is 9.75. The summed E-state index contributed by atoms with van der Waals surface area (Å²) < 4.78 is 0. The molecule has 2 aromatic carbocycles. The van der Waals surface area contributed by atoms with E-state index in [4.69, 9.17) is 0 Å². The molecule has 2 rings (SSSR count). The third-order valence-corrected chi connectivity index (χ3v) is 4.38. The van der Waals surface area contributed by atoms with E-state index in [1.807, 2.05) is 0 Å². The molecule has 0 amide bonds. The van der Waals surface area contributed by atoms with Crippen LogP contribution in [0.1, 0.15) is 38.2 Å². The Morgan fingerprint density at radius 1 is 0.950 bits per heavy atom. The van der Waals surface area contributed by atoms with Crippen LogP contribution in [0.5, 0.6) is 0 Å². The fourth-order valence-corrected chi connectivity index (χ4v) is 3.03. The van der Waals surface area contributed by atoms with Crippen LogP contribution in [0.2, 0.25) is 0 Å². The Balaban J connectivity index is 1.69. The lowest BCUT2D eigenvalue weighted by Crippen LogP contribution is -1.89. The number of carbonyl (C=O) groups excluding carboxylic acids is 1. The topological polar surface area (TPSA) is 17.1 Å². The van der Waals surface area contributed by atoms with Crippen molar-refractivity contribution in [1.29, 1.82) is 0 Å². The average Bonchev–Trinajstić information content (AvgIpc) is 2.46. The highest BCUT2D eigenvalue weighted by molar-refractivity contribution is 8.13. The van der Waals surface area contributed by atoms with Gasteiger partial charge in [-0.15, -0.1) is 0 Å². The van der Waals surface area contributed by atoms with Gasteiger partial charge in [-0.2, -0.15) is 0 Å². The highest BCUT2D eigenvalue weighted by Gasteiger charge is 1.98. The summed E-state index contributed by atoms with van der Waals surface area (Å²) in [5.74, 6) is 0.977. The van der Waals surface area contributed by atoms with Gasteiger partial charge in [0, 0.05) is 12.7 Å². The van der Waals surface area contributed by atoms with E-state index >= 15 is 0 Å². The van der Waals surface area contributed by atoms with E-state index in [9.17, 15) is 4.79 Å². The molecule has 0 heterocycles. The standard InChI is InChI=1S/C18H22OS/c1-15(19)20-13-7-3-2-4-8-16-11-12-17-9-5-6-10-18(17)14-16/h5-6,9-12,14H,2-4,7-8,13H2,1H3. The van der Waals surface area contributed by atoms with Crippen molar-refractivity contribution in [2.24, 2.45) is 0 Å². The minimum absolute atomic E-state index is 0.237. The molecule has 2 aromatic rings. The summed E-state index contributed by atoms with van der Waals surface area (Å²) in [4.78, 5) is 10.8. The first-order valence-electron chi connectivity index (χ1n) is 7.37. The normalized spacial score (nSPS) is 10.8. The Labute approximate surface area is 125 Å². The zero-order chi connectivity index (χ0) is 14.2. The van der Waals surface area contributed by atoms with E-state index in [1.165, 1.54) is 47.4 Å². The van der Waals surface area contributed by atoms with Crippen molar-refractivity contribution in [1.82, 2.24) is 0 Å². The molecule has 0 unspecified atom stereocenters. The second-order valence-electron chi connectivity index (χ2n) is 5.19. The zero-order valence-corrected chi connectivity index (χ0v) is 12.9. The summed E-state index contributed by atoms with van der Waals surface area (Å²) in [7, 11) is 0. The molecule has 0 saturated heterocycles. The summed E-state index contributed by atoms with van der Waals surface area (Å²) in [5.41, 5.74) is 1.43. The Morgan fingerprint density at radius 3 is 2.50 bits per heavy atom. The summed E-state index contributed by atoms with van der Waals surface area (Å²) in [6.07, 6.45) is 6.04.